The van der Waals surface area contributed by atoms with E-state index in [9.17, 15) is 9.59 Å². The molecular formula is C23H21N5O2. The van der Waals surface area contributed by atoms with Gasteiger partial charge in [-0.3, -0.25) is 14.2 Å². The molecule has 30 heavy (non-hydrogen) atoms. The fraction of sp³-hybridized carbons (Fsp3) is 0.217. The van der Waals surface area contributed by atoms with E-state index in [0.29, 0.717) is 29.0 Å². The lowest BCUT2D eigenvalue weighted by molar-refractivity contribution is -0.116. The van der Waals surface area contributed by atoms with Crippen LogP contribution in [0.25, 0.3) is 16.6 Å². The van der Waals surface area contributed by atoms with E-state index in [0.717, 1.165) is 18.5 Å². The Kier molecular flexibility index (Phi) is 4.63. The van der Waals surface area contributed by atoms with Crippen molar-refractivity contribution >= 4 is 22.6 Å². The summed E-state index contributed by atoms with van der Waals surface area (Å²) in [6.07, 6.45) is 4.41. The van der Waals surface area contributed by atoms with Crippen LogP contribution in [0.4, 0.5) is 5.82 Å². The summed E-state index contributed by atoms with van der Waals surface area (Å²) in [6.45, 7) is 0. The average Bonchev–Trinajstić information content (AvgIpc) is 3.50. The second-order valence-corrected chi connectivity index (χ2v) is 7.48. The van der Waals surface area contributed by atoms with E-state index in [4.69, 9.17) is 0 Å². The number of nitrogens with one attached hydrogen (secondary N) is 1. The van der Waals surface area contributed by atoms with Gasteiger partial charge in [0.2, 0.25) is 5.91 Å². The molecule has 1 N–H and O–H groups in total. The highest BCUT2D eigenvalue weighted by Gasteiger charge is 2.28. The minimum atomic E-state index is -0.155. The van der Waals surface area contributed by atoms with Crippen LogP contribution in [0.1, 0.15) is 31.1 Å². The van der Waals surface area contributed by atoms with Crippen LogP contribution in [0.5, 0.6) is 0 Å². The molecule has 0 spiro atoms. The van der Waals surface area contributed by atoms with Crippen LogP contribution in [0.3, 0.4) is 0 Å². The number of para-hydroxylation sites is 2. The molecule has 5 rings (SSSR count). The predicted molar refractivity (Wildman–Crippen MR) is 115 cm³/mol. The molecule has 0 unspecified atom stereocenters. The number of amides is 1. The van der Waals surface area contributed by atoms with E-state index in [1.807, 2.05) is 54.6 Å². The number of aryl methyl sites for hydroxylation is 1. The van der Waals surface area contributed by atoms with Crippen molar-refractivity contribution in [3.63, 3.8) is 0 Å². The van der Waals surface area contributed by atoms with Crippen LogP contribution in [-0.4, -0.2) is 25.2 Å². The van der Waals surface area contributed by atoms with Gasteiger partial charge in [-0.05, 0) is 37.1 Å². The molecule has 1 saturated carbocycles. The zero-order valence-electron chi connectivity index (χ0n) is 16.4. The Bertz CT molecular complexity index is 1270. The van der Waals surface area contributed by atoms with Crippen LogP contribution in [0.15, 0.2) is 71.7 Å². The summed E-state index contributed by atoms with van der Waals surface area (Å²) in [6, 6.07) is 19.0. The molecule has 0 radical (unpaired) electrons. The van der Waals surface area contributed by atoms with Crippen molar-refractivity contribution in [3.05, 3.63) is 83.0 Å². The van der Waals surface area contributed by atoms with Gasteiger partial charge in [0.05, 0.1) is 16.6 Å². The first-order valence-corrected chi connectivity index (χ1v) is 10.1. The largest absolute Gasteiger partial charge is 0.309 e. The smallest absolute Gasteiger partial charge is 0.261 e. The summed E-state index contributed by atoms with van der Waals surface area (Å²) in [4.78, 5) is 30.1. The van der Waals surface area contributed by atoms with Crippen molar-refractivity contribution in [2.24, 2.45) is 0 Å². The molecule has 7 heteroatoms. The highest BCUT2D eigenvalue weighted by molar-refractivity contribution is 5.89. The number of aromatic nitrogens is 4. The van der Waals surface area contributed by atoms with Crippen LogP contribution < -0.4 is 10.9 Å². The molecule has 1 aliphatic rings. The van der Waals surface area contributed by atoms with E-state index < -0.39 is 0 Å². The molecule has 2 aromatic carbocycles. The van der Waals surface area contributed by atoms with Gasteiger partial charge in [-0.2, -0.15) is 5.10 Å². The van der Waals surface area contributed by atoms with E-state index in [1.54, 1.807) is 21.5 Å². The number of carbonyl (C=O) groups is 1. The Labute approximate surface area is 173 Å². The van der Waals surface area contributed by atoms with Crippen molar-refractivity contribution in [1.82, 2.24) is 19.3 Å². The molecule has 0 saturated heterocycles. The predicted octanol–water partition coefficient (Wildman–Crippen LogP) is 3.49. The van der Waals surface area contributed by atoms with E-state index in [-0.39, 0.29) is 23.9 Å². The van der Waals surface area contributed by atoms with Crippen molar-refractivity contribution in [2.45, 2.75) is 31.7 Å². The number of anilines is 1. The Morgan fingerprint density at radius 3 is 2.60 bits per heavy atom. The number of rotatable bonds is 6. The summed E-state index contributed by atoms with van der Waals surface area (Å²) < 4.78 is 3.49. The maximum atomic E-state index is 12.9. The average molecular weight is 399 g/mol. The lowest BCUT2D eigenvalue weighted by Crippen LogP contribution is -2.25. The van der Waals surface area contributed by atoms with Gasteiger partial charge in [0.25, 0.3) is 5.56 Å². The Morgan fingerprint density at radius 1 is 1.03 bits per heavy atom. The summed E-state index contributed by atoms with van der Waals surface area (Å²) >= 11 is 0. The minimum Gasteiger partial charge on any atom is -0.309 e. The molecule has 2 aromatic heterocycles. The normalized spacial score (nSPS) is 13.5. The first-order chi connectivity index (χ1) is 14.7. The quantitative estimate of drug-likeness (QED) is 0.538. The van der Waals surface area contributed by atoms with Crippen LogP contribution >= 0.6 is 0 Å². The van der Waals surface area contributed by atoms with Gasteiger partial charge < -0.3 is 5.32 Å². The molecule has 0 atom stereocenters. The monoisotopic (exact) mass is 399 g/mol. The van der Waals surface area contributed by atoms with Gasteiger partial charge in [0.15, 0.2) is 5.82 Å². The van der Waals surface area contributed by atoms with Crippen molar-refractivity contribution < 1.29 is 4.79 Å². The SMILES string of the molecule is O=C(CCc1nc2ccccc2c(=O)n1C1CC1)Nc1ccn(-c2ccccc2)n1. The third-order valence-corrected chi connectivity index (χ3v) is 5.25. The molecule has 1 fully saturated rings. The lowest BCUT2D eigenvalue weighted by atomic mass is 10.2. The molecule has 2 heterocycles. The van der Waals surface area contributed by atoms with Crippen LogP contribution in [-0.2, 0) is 11.2 Å². The number of fused-ring (bicyclic) bond motifs is 1. The highest BCUT2D eigenvalue weighted by Crippen LogP contribution is 2.34. The zero-order valence-corrected chi connectivity index (χ0v) is 16.4. The second-order valence-electron chi connectivity index (χ2n) is 7.48. The van der Waals surface area contributed by atoms with Crippen LogP contribution in [0.2, 0.25) is 0 Å². The number of carbonyl (C=O) groups excluding carboxylic acids is 1. The number of hydrogen-bond acceptors (Lipinski definition) is 4. The summed E-state index contributed by atoms with van der Waals surface area (Å²) in [5.41, 5.74) is 1.59. The van der Waals surface area contributed by atoms with Gasteiger partial charge in [-0.15, -0.1) is 0 Å². The molecule has 0 bridgehead atoms. The molecule has 1 aliphatic carbocycles. The van der Waals surface area contributed by atoms with E-state index in [2.05, 4.69) is 15.4 Å². The number of hydrogen-bond donors (Lipinski definition) is 1. The van der Waals surface area contributed by atoms with Gasteiger partial charge in [0.1, 0.15) is 5.82 Å². The fourth-order valence-corrected chi connectivity index (χ4v) is 3.62. The first kappa shape index (κ1) is 18.3. The fourth-order valence-electron chi connectivity index (χ4n) is 3.62. The Hall–Kier alpha value is -3.74. The van der Waals surface area contributed by atoms with Crippen molar-refractivity contribution in [2.75, 3.05) is 5.32 Å². The topological polar surface area (TPSA) is 81.8 Å². The van der Waals surface area contributed by atoms with Gasteiger partial charge >= 0.3 is 0 Å². The molecular weight excluding hydrogens is 378 g/mol. The standard InChI is InChI=1S/C23H21N5O2/c29-22(25-20-14-15-27(26-20)16-6-2-1-3-7-16)13-12-21-24-19-9-5-4-8-18(19)23(30)28(21)17-10-11-17/h1-9,14-15,17H,10-13H2,(H,25,26,29). The molecule has 0 aliphatic heterocycles. The first-order valence-electron chi connectivity index (χ1n) is 10.1. The zero-order chi connectivity index (χ0) is 20.5. The maximum absolute atomic E-state index is 12.9. The molecule has 4 aromatic rings. The Morgan fingerprint density at radius 2 is 1.80 bits per heavy atom. The van der Waals surface area contributed by atoms with Gasteiger partial charge in [-0.1, -0.05) is 30.3 Å². The number of nitrogens with zero attached hydrogens (tertiary/aromatic N) is 4. The third kappa shape index (κ3) is 3.61. The van der Waals surface area contributed by atoms with Crippen LogP contribution in [0, 0.1) is 0 Å². The molecule has 150 valence electrons. The van der Waals surface area contributed by atoms with Crippen molar-refractivity contribution in [3.8, 4) is 5.69 Å². The molecule has 7 nitrogen and oxygen atoms in total. The maximum Gasteiger partial charge on any atom is 0.261 e. The van der Waals surface area contributed by atoms with Gasteiger partial charge in [0, 0.05) is 31.1 Å². The number of benzene rings is 2. The highest BCUT2D eigenvalue weighted by atomic mass is 16.1. The third-order valence-electron chi connectivity index (χ3n) is 5.25. The summed E-state index contributed by atoms with van der Waals surface area (Å²) in [7, 11) is 0. The van der Waals surface area contributed by atoms with E-state index in [1.165, 1.54) is 0 Å². The van der Waals surface area contributed by atoms with E-state index >= 15 is 0 Å². The summed E-state index contributed by atoms with van der Waals surface area (Å²) in [5.74, 6) is 1.01. The lowest BCUT2D eigenvalue weighted by Gasteiger charge is -2.12. The van der Waals surface area contributed by atoms with Crippen molar-refractivity contribution in [1.29, 1.82) is 0 Å². The summed E-state index contributed by atoms with van der Waals surface area (Å²) in [5, 5.41) is 7.86. The molecule has 1 amide bonds. The van der Waals surface area contributed by atoms with Gasteiger partial charge in [-0.25, -0.2) is 9.67 Å². The minimum absolute atomic E-state index is 0.0138. The second kappa shape index (κ2) is 7.59. The Balaban J connectivity index is 1.31.